The molecular weight excluding hydrogens is 364 g/mol. The zero-order chi connectivity index (χ0) is 18.3. The molecule has 0 aliphatic rings. The molecular formula is C19H18N4OS2. The van der Waals surface area contributed by atoms with E-state index < -0.39 is 0 Å². The summed E-state index contributed by atoms with van der Waals surface area (Å²) in [5.74, 6) is 0.212. The molecule has 0 fully saturated rings. The largest absolute Gasteiger partial charge is 0.297 e. The number of aryl methyl sites for hydroxylation is 1. The van der Waals surface area contributed by atoms with Gasteiger partial charge in [-0.3, -0.25) is 14.5 Å². The molecule has 5 nitrogen and oxygen atoms in total. The van der Waals surface area contributed by atoms with E-state index in [9.17, 15) is 4.79 Å². The van der Waals surface area contributed by atoms with Gasteiger partial charge in [0.2, 0.25) is 0 Å². The lowest BCUT2D eigenvalue weighted by molar-refractivity contribution is 0.102. The number of nitrogens with zero attached hydrogens (tertiary/aromatic N) is 3. The summed E-state index contributed by atoms with van der Waals surface area (Å²) in [5, 5.41) is 5.53. The molecule has 0 aliphatic carbocycles. The average molecular weight is 383 g/mol. The summed E-state index contributed by atoms with van der Waals surface area (Å²) in [6.07, 6.45) is 1.98. The van der Waals surface area contributed by atoms with Crippen LogP contribution in [0, 0.1) is 6.92 Å². The van der Waals surface area contributed by atoms with Gasteiger partial charge in [0.25, 0.3) is 5.91 Å². The molecule has 0 radical (unpaired) electrons. The number of carbonyl (C=O) groups excluding carboxylic acids is 1. The molecule has 0 saturated heterocycles. The topological polar surface area (TPSA) is 59.3 Å². The van der Waals surface area contributed by atoms with Crippen molar-refractivity contribution in [2.24, 2.45) is 0 Å². The summed E-state index contributed by atoms with van der Waals surface area (Å²) in [4.78, 5) is 23.3. The summed E-state index contributed by atoms with van der Waals surface area (Å²) in [5.41, 5.74) is 3.86. The molecule has 1 aromatic carbocycles. The molecule has 0 saturated carbocycles. The van der Waals surface area contributed by atoms with Gasteiger partial charge in [0, 0.05) is 22.8 Å². The number of hydrogen-bond acceptors (Lipinski definition) is 5. The maximum Gasteiger partial charge on any atom is 0.269 e. The van der Waals surface area contributed by atoms with Crippen LogP contribution in [-0.2, 0) is 0 Å². The molecule has 0 aliphatic heterocycles. The van der Waals surface area contributed by atoms with E-state index in [0.29, 0.717) is 15.9 Å². The fraction of sp³-hybridized carbons (Fsp3) is 0.211. The Morgan fingerprint density at radius 1 is 1.19 bits per heavy atom. The van der Waals surface area contributed by atoms with Crippen molar-refractivity contribution in [3.63, 3.8) is 0 Å². The average Bonchev–Trinajstić information content (AvgIpc) is 3.32. The number of aromatic nitrogens is 3. The van der Waals surface area contributed by atoms with Crippen LogP contribution in [0.1, 0.15) is 40.8 Å². The van der Waals surface area contributed by atoms with Crippen molar-refractivity contribution >= 4 is 38.7 Å². The van der Waals surface area contributed by atoms with Gasteiger partial charge < -0.3 is 0 Å². The Morgan fingerprint density at radius 3 is 2.62 bits per heavy atom. The van der Waals surface area contributed by atoms with E-state index >= 15 is 0 Å². The number of amides is 1. The van der Waals surface area contributed by atoms with Gasteiger partial charge in [-0.05, 0) is 12.8 Å². The molecule has 4 aromatic rings. The zero-order valence-corrected chi connectivity index (χ0v) is 16.3. The first-order valence-corrected chi connectivity index (χ1v) is 10.0. The van der Waals surface area contributed by atoms with Crippen LogP contribution in [0.2, 0.25) is 0 Å². The van der Waals surface area contributed by atoms with Gasteiger partial charge in [0.15, 0.2) is 10.1 Å². The van der Waals surface area contributed by atoms with Crippen LogP contribution in [0.15, 0.2) is 41.9 Å². The highest BCUT2D eigenvalue weighted by molar-refractivity contribution is 7.19. The number of nitrogens with one attached hydrogen (secondary N) is 1. The highest BCUT2D eigenvalue weighted by atomic mass is 32.1. The summed E-state index contributed by atoms with van der Waals surface area (Å²) >= 11 is 2.85. The number of rotatable bonds is 4. The van der Waals surface area contributed by atoms with E-state index in [4.69, 9.17) is 0 Å². The second-order valence-electron chi connectivity index (χ2n) is 6.35. The highest BCUT2D eigenvalue weighted by Gasteiger charge is 2.19. The Morgan fingerprint density at radius 2 is 1.96 bits per heavy atom. The van der Waals surface area contributed by atoms with Crippen LogP contribution in [0.25, 0.3) is 16.2 Å². The third kappa shape index (κ3) is 3.04. The second-order valence-corrected chi connectivity index (χ2v) is 8.18. The first kappa shape index (κ1) is 16.9. The molecule has 1 amide bonds. The molecule has 3 heterocycles. The van der Waals surface area contributed by atoms with Crippen molar-refractivity contribution < 1.29 is 4.79 Å². The normalized spacial score (nSPS) is 11.4. The molecule has 132 valence electrons. The number of fused-ring (bicyclic) bond motifs is 1. The van der Waals surface area contributed by atoms with Crippen molar-refractivity contribution in [3.8, 4) is 11.3 Å². The minimum absolute atomic E-state index is 0.135. The predicted molar refractivity (Wildman–Crippen MR) is 107 cm³/mol. The van der Waals surface area contributed by atoms with E-state index in [0.717, 1.165) is 27.6 Å². The summed E-state index contributed by atoms with van der Waals surface area (Å²) in [7, 11) is 0. The third-order valence-corrected chi connectivity index (χ3v) is 6.10. The standard InChI is InChI=1S/C19H18N4OS2/c1-11(2)15-10-25-18(20-15)22-17(24)16-12(3)23-9-14(21-19(23)26-16)13-7-5-4-6-8-13/h4-11H,1-3H3,(H,20,22,24). The van der Waals surface area contributed by atoms with Gasteiger partial charge in [-0.25, -0.2) is 9.97 Å². The third-order valence-electron chi connectivity index (χ3n) is 4.17. The Hall–Kier alpha value is -2.51. The summed E-state index contributed by atoms with van der Waals surface area (Å²) in [6, 6.07) is 10.0. The molecule has 3 aromatic heterocycles. The number of benzene rings is 1. The van der Waals surface area contributed by atoms with Crippen molar-refractivity contribution in [1.29, 1.82) is 0 Å². The predicted octanol–water partition coefficient (Wildman–Crippen LogP) is 5.20. The number of carbonyl (C=O) groups is 1. The Bertz CT molecular complexity index is 1080. The fourth-order valence-electron chi connectivity index (χ4n) is 2.67. The van der Waals surface area contributed by atoms with Crippen molar-refractivity contribution in [2.45, 2.75) is 26.7 Å². The van der Waals surface area contributed by atoms with E-state index in [1.54, 1.807) is 0 Å². The fourth-order valence-corrected chi connectivity index (χ4v) is 4.54. The first-order valence-electron chi connectivity index (χ1n) is 8.33. The second kappa shape index (κ2) is 6.66. The number of anilines is 1. The Labute approximate surface area is 159 Å². The van der Waals surface area contributed by atoms with Crippen LogP contribution in [0.5, 0.6) is 0 Å². The van der Waals surface area contributed by atoms with E-state index in [-0.39, 0.29) is 5.91 Å². The van der Waals surface area contributed by atoms with Crippen LogP contribution in [0.3, 0.4) is 0 Å². The lowest BCUT2D eigenvalue weighted by atomic mass is 10.2. The molecule has 7 heteroatoms. The minimum atomic E-state index is -0.135. The van der Waals surface area contributed by atoms with E-state index in [1.807, 2.05) is 53.2 Å². The van der Waals surface area contributed by atoms with Crippen molar-refractivity contribution in [1.82, 2.24) is 14.4 Å². The quantitative estimate of drug-likeness (QED) is 0.527. The number of imidazole rings is 1. The smallest absolute Gasteiger partial charge is 0.269 e. The maximum atomic E-state index is 12.7. The molecule has 1 N–H and O–H groups in total. The van der Waals surface area contributed by atoms with Gasteiger partial charge in [0.1, 0.15) is 4.88 Å². The van der Waals surface area contributed by atoms with Crippen molar-refractivity contribution in [2.75, 3.05) is 5.32 Å². The molecule has 0 bridgehead atoms. The molecule has 4 rings (SSSR count). The van der Waals surface area contributed by atoms with Crippen LogP contribution in [-0.4, -0.2) is 20.3 Å². The van der Waals surface area contributed by atoms with E-state index in [2.05, 4.69) is 29.1 Å². The number of thiazole rings is 2. The number of hydrogen-bond donors (Lipinski definition) is 1. The first-order chi connectivity index (χ1) is 12.5. The van der Waals surface area contributed by atoms with Crippen LogP contribution >= 0.6 is 22.7 Å². The molecule has 0 unspecified atom stereocenters. The monoisotopic (exact) mass is 382 g/mol. The lowest BCUT2D eigenvalue weighted by Gasteiger charge is -2.01. The maximum absolute atomic E-state index is 12.7. The van der Waals surface area contributed by atoms with Gasteiger partial charge in [0.05, 0.1) is 11.4 Å². The minimum Gasteiger partial charge on any atom is -0.297 e. The van der Waals surface area contributed by atoms with Crippen molar-refractivity contribution in [3.05, 3.63) is 58.2 Å². The molecule has 0 spiro atoms. The Balaban J connectivity index is 1.61. The van der Waals surface area contributed by atoms with Gasteiger partial charge in [-0.2, -0.15) is 0 Å². The van der Waals surface area contributed by atoms with Crippen LogP contribution < -0.4 is 5.32 Å². The molecule has 26 heavy (non-hydrogen) atoms. The van der Waals surface area contributed by atoms with Gasteiger partial charge >= 0.3 is 0 Å². The Kier molecular flexibility index (Phi) is 4.34. The molecule has 0 atom stereocenters. The summed E-state index contributed by atoms with van der Waals surface area (Å²) in [6.45, 7) is 6.11. The summed E-state index contributed by atoms with van der Waals surface area (Å²) < 4.78 is 1.98. The highest BCUT2D eigenvalue weighted by Crippen LogP contribution is 2.28. The van der Waals surface area contributed by atoms with Crippen LogP contribution in [0.4, 0.5) is 5.13 Å². The van der Waals surface area contributed by atoms with E-state index in [1.165, 1.54) is 22.7 Å². The lowest BCUT2D eigenvalue weighted by Crippen LogP contribution is -2.11. The van der Waals surface area contributed by atoms with Gasteiger partial charge in [-0.15, -0.1) is 11.3 Å². The SMILES string of the molecule is Cc1c(C(=O)Nc2nc(C(C)C)cs2)sc2nc(-c3ccccc3)cn12. The zero-order valence-electron chi connectivity index (χ0n) is 14.7. The van der Waals surface area contributed by atoms with Gasteiger partial charge in [-0.1, -0.05) is 55.5 Å².